The summed E-state index contributed by atoms with van der Waals surface area (Å²) in [7, 11) is 0. The Bertz CT molecular complexity index is 607. The van der Waals surface area contributed by atoms with Crippen molar-refractivity contribution in [2.45, 2.75) is 34.6 Å². The van der Waals surface area contributed by atoms with Crippen LogP contribution >= 0.6 is 0 Å². The molecule has 1 heteroatoms. The maximum Gasteiger partial charge on any atom is 0.193 e. The molecule has 19 heavy (non-hydrogen) atoms. The SMILES string of the molecule is Cc1ccc(C(=O)c2c(C)c(C)cc(C)c2C)cc1. The van der Waals surface area contributed by atoms with Crippen LogP contribution in [0.4, 0.5) is 0 Å². The van der Waals surface area contributed by atoms with Crippen LogP contribution in [0.5, 0.6) is 0 Å². The first kappa shape index (κ1) is 13.5. The number of aryl methyl sites for hydroxylation is 3. The largest absolute Gasteiger partial charge is 0.289 e. The summed E-state index contributed by atoms with van der Waals surface area (Å²) in [5.74, 6) is 0.127. The van der Waals surface area contributed by atoms with E-state index in [0.29, 0.717) is 0 Å². The lowest BCUT2D eigenvalue weighted by atomic mass is 9.89. The van der Waals surface area contributed by atoms with Crippen molar-refractivity contribution in [2.24, 2.45) is 0 Å². The van der Waals surface area contributed by atoms with Crippen LogP contribution in [0.3, 0.4) is 0 Å². The second-order valence-electron chi connectivity index (χ2n) is 5.33. The average molecular weight is 252 g/mol. The van der Waals surface area contributed by atoms with Gasteiger partial charge in [-0.15, -0.1) is 0 Å². The van der Waals surface area contributed by atoms with Gasteiger partial charge in [0.1, 0.15) is 0 Å². The van der Waals surface area contributed by atoms with Gasteiger partial charge < -0.3 is 0 Å². The number of ketones is 1. The van der Waals surface area contributed by atoms with E-state index in [4.69, 9.17) is 0 Å². The van der Waals surface area contributed by atoms with E-state index in [2.05, 4.69) is 19.9 Å². The van der Waals surface area contributed by atoms with Crippen molar-refractivity contribution in [3.05, 3.63) is 69.3 Å². The molecule has 0 saturated carbocycles. The highest BCUT2D eigenvalue weighted by Gasteiger charge is 2.17. The number of rotatable bonds is 2. The van der Waals surface area contributed by atoms with E-state index in [1.54, 1.807) is 0 Å². The fourth-order valence-corrected chi connectivity index (χ4v) is 2.41. The van der Waals surface area contributed by atoms with Gasteiger partial charge in [0.15, 0.2) is 5.78 Å². The average Bonchev–Trinajstić information content (AvgIpc) is 2.37. The molecule has 0 bridgehead atoms. The van der Waals surface area contributed by atoms with Crippen LogP contribution in [0, 0.1) is 34.6 Å². The third-order valence-electron chi connectivity index (χ3n) is 3.91. The van der Waals surface area contributed by atoms with Crippen LogP contribution in [0.15, 0.2) is 30.3 Å². The standard InChI is InChI=1S/C18H20O/c1-11-6-8-16(9-7-11)18(19)17-14(4)12(2)10-13(3)15(17)5/h6-10H,1-5H3. The van der Waals surface area contributed by atoms with Crippen molar-refractivity contribution in [2.75, 3.05) is 0 Å². The molecule has 0 aromatic heterocycles. The summed E-state index contributed by atoms with van der Waals surface area (Å²) >= 11 is 0. The summed E-state index contributed by atoms with van der Waals surface area (Å²) in [5.41, 5.74) is 7.34. The third kappa shape index (κ3) is 2.46. The van der Waals surface area contributed by atoms with Crippen molar-refractivity contribution in [1.82, 2.24) is 0 Å². The molecule has 2 aromatic rings. The highest BCUT2D eigenvalue weighted by atomic mass is 16.1. The monoisotopic (exact) mass is 252 g/mol. The van der Waals surface area contributed by atoms with Crippen LogP contribution < -0.4 is 0 Å². The van der Waals surface area contributed by atoms with Gasteiger partial charge in [0.25, 0.3) is 0 Å². The first-order valence-corrected chi connectivity index (χ1v) is 6.60. The molecule has 0 heterocycles. The first-order chi connectivity index (χ1) is 8.91. The lowest BCUT2D eigenvalue weighted by molar-refractivity contribution is 0.103. The van der Waals surface area contributed by atoms with Crippen molar-refractivity contribution >= 4 is 5.78 Å². The third-order valence-corrected chi connectivity index (χ3v) is 3.91. The molecule has 2 rings (SSSR count). The van der Waals surface area contributed by atoms with E-state index in [1.165, 1.54) is 16.7 Å². The quantitative estimate of drug-likeness (QED) is 0.721. The second kappa shape index (κ2) is 5.00. The zero-order valence-electron chi connectivity index (χ0n) is 12.3. The van der Waals surface area contributed by atoms with Gasteiger partial charge in [-0.1, -0.05) is 35.9 Å². The molecule has 1 nitrogen and oxygen atoms in total. The summed E-state index contributed by atoms with van der Waals surface area (Å²) in [4.78, 5) is 12.7. The normalized spacial score (nSPS) is 10.6. The number of carbonyl (C=O) groups is 1. The van der Waals surface area contributed by atoms with E-state index in [-0.39, 0.29) is 5.78 Å². The predicted molar refractivity (Wildman–Crippen MR) is 80.0 cm³/mol. The maximum absolute atomic E-state index is 12.7. The number of benzene rings is 2. The fraction of sp³-hybridized carbons (Fsp3) is 0.278. The van der Waals surface area contributed by atoms with Gasteiger partial charge in [0.2, 0.25) is 0 Å². The molecule has 0 saturated heterocycles. The van der Waals surface area contributed by atoms with Crippen molar-refractivity contribution in [3.63, 3.8) is 0 Å². The summed E-state index contributed by atoms with van der Waals surface area (Å²) < 4.78 is 0. The molecule has 0 atom stereocenters. The van der Waals surface area contributed by atoms with Crippen LogP contribution in [0.1, 0.15) is 43.7 Å². The molecule has 98 valence electrons. The highest BCUT2D eigenvalue weighted by molar-refractivity contribution is 6.11. The van der Waals surface area contributed by atoms with Crippen LogP contribution in [0.25, 0.3) is 0 Å². The second-order valence-corrected chi connectivity index (χ2v) is 5.33. The Morgan fingerprint density at radius 3 is 1.74 bits per heavy atom. The molecule has 0 radical (unpaired) electrons. The van der Waals surface area contributed by atoms with Gasteiger partial charge in [-0.05, 0) is 56.9 Å². The van der Waals surface area contributed by atoms with Gasteiger partial charge in [0.05, 0.1) is 0 Å². The van der Waals surface area contributed by atoms with E-state index in [0.717, 1.165) is 22.3 Å². The van der Waals surface area contributed by atoms with Gasteiger partial charge in [-0.2, -0.15) is 0 Å². The molecular formula is C18H20O. The van der Waals surface area contributed by atoms with E-state index < -0.39 is 0 Å². The molecule has 0 amide bonds. The fourth-order valence-electron chi connectivity index (χ4n) is 2.41. The summed E-state index contributed by atoms with van der Waals surface area (Å²) in [6.07, 6.45) is 0. The number of carbonyl (C=O) groups excluding carboxylic acids is 1. The summed E-state index contributed by atoms with van der Waals surface area (Å²) in [5, 5.41) is 0. The Hall–Kier alpha value is -1.89. The molecule has 2 aromatic carbocycles. The van der Waals surface area contributed by atoms with Crippen molar-refractivity contribution in [3.8, 4) is 0 Å². The Morgan fingerprint density at radius 1 is 0.789 bits per heavy atom. The lowest BCUT2D eigenvalue weighted by Crippen LogP contribution is -2.09. The Balaban J connectivity index is 2.59. The molecule has 0 aliphatic heterocycles. The van der Waals surface area contributed by atoms with E-state index in [9.17, 15) is 4.79 Å². The molecule has 0 N–H and O–H groups in total. The zero-order valence-corrected chi connectivity index (χ0v) is 12.3. The van der Waals surface area contributed by atoms with Crippen LogP contribution in [0.2, 0.25) is 0 Å². The predicted octanol–water partition coefficient (Wildman–Crippen LogP) is 4.46. The Labute approximate surface area is 115 Å². The first-order valence-electron chi connectivity index (χ1n) is 6.60. The molecule has 0 aliphatic carbocycles. The van der Waals surface area contributed by atoms with Gasteiger partial charge in [-0.25, -0.2) is 0 Å². The topological polar surface area (TPSA) is 17.1 Å². The minimum Gasteiger partial charge on any atom is -0.289 e. The Kier molecular flexibility index (Phi) is 3.57. The molecule has 0 fully saturated rings. The van der Waals surface area contributed by atoms with Crippen LogP contribution in [-0.2, 0) is 0 Å². The van der Waals surface area contributed by atoms with E-state index in [1.807, 2.05) is 45.0 Å². The molecule has 0 unspecified atom stereocenters. The number of hydrogen-bond donors (Lipinski definition) is 0. The smallest absolute Gasteiger partial charge is 0.193 e. The molecular weight excluding hydrogens is 232 g/mol. The van der Waals surface area contributed by atoms with Crippen molar-refractivity contribution in [1.29, 1.82) is 0 Å². The highest BCUT2D eigenvalue weighted by Crippen LogP contribution is 2.24. The summed E-state index contributed by atoms with van der Waals surface area (Å²) in [6, 6.07) is 9.94. The Morgan fingerprint density at radius 2 is 1.26 bits per heavy atom. The zero-order chi connectivity index (χ0) is 14.2. The summed E-state index contributed by atoms with van der Waals surface area (Å²) in [6.45, 7) is 10.2. The van der Waals surface area contributed by atoms with Gasteiger partial charge >= 0.3 is 0 Å². The van der Waals surface area contributed by atoms with Gasteiger partial charge in [-0.3, -0.25) is 4.79 Å². The molecule has 0 spiro atoms. The van der Waals surface area contributed by atoms with E-state index >= 15 is 0 Å². The maximum atomic E-state index is 12.7. The minimum atomic E-state index is 0.127. The lowest BCUT2D eigenvalue weighted by Gasteiger charge is -2.14. The van der Waals surface area contributed by atoms with Crippen LogP contribution in [-0.4, -0.2) is 5.78 Å². The molecule has 0 aliphatic rings. The van der Waals surface area contributed by atoms with Crippen molar-refractivity contribution < 1.29 is 4.79 Å². The van der Waals surface area contributed by atoms with Gasteiger partial charge in [0, 0.05) is 11.1 Å². The number of hydrogen-bond acceptors (Lipinski definition) is 1. The minimum absolute atomic E-state index is 0.127.